The molecule has 1 atom stereocenters. The summed E-state index contributed by atoms with van der Waals surface area (Å²) >= 11 is 11.8. The lowest BCUT2D eigenvalue weighted by Gasteiger charge is -2.10. The van der Waals surface area contributed by atoms with Gasteiger partial charge in [-0.3, -0.25) is 4.79 Å². The molecule has 5 nitrogen and oxygen atoms in total. The van der Waals surface area contributed by atoms with Crippen LogP contribution in [-0.2, 0) is 6.54 Å². The summed E-state index contributed by atoms with van der Waals surface area (Å²) in [6, 6.07) is 4.84. The van der Waals surface area contributed by atoms with Gasteiger partial charge in [-0.1, -0.05) is 43.1 Å². The molecule has 1 amide bonds. The van der Waals surface area contributed by atoms with Crippen molar-refractivity contribution in [3.05, 3.63) is 51.7 Å². The number of halogens is 2. The Labute approximate surface area is 138 Å². The molecule has 7 heteroatoms. The number of rotatable bonds is 5. The van der Waals surface area contributed by atoms with E-state index in [0.29, 0.717) is 22.5 Å². The maximum atomic E-state index is 12.0. The maximum absolute atomic E-state index is 12.0. The molecule has 1 unspecified atom stereocenters. The fraction of sp³-hybridized carbons (Fsp3) is 0.333. The number of hydrogen-bond donors (Lipinski definition) is 2. The minimum Gasteiger partial charge on any atom is -0.446 e. The Bertz CT molecular complexity index is 671. The number of carbonyl (C=O) groups is 1. The predicted octanol–water partition coefficient (Wildman–Crippen LogP) is 3.57. The van der Waals surface area contributed by atoms with Gasteiger partial charge in [0.2, 0.25) is 5.89 Å². The highest BCUT2D eigenvalue weighted by atomic mass is 35.5. The van der Waals surface area contributed by atoms with E-state index in [4.69, 9.17) is 33.4 Å². The molecule has 0 saturated heterocycles. The number of benzene rings is 1. The number of aromatic nitrogens is 1. The Kier molecular flexibility index (Phi) is 5.45. The Morgan fingerprint density at radius 2 is 2.09 bits per heavy atom. The Morgan fingerprint density at radius 1 is 1.36 bits per heavy atom. The quantitative estimate of drug-likeness (QED) is 0.870. The first-order valence-corrected chi connectivity index (χ1v) is 7.57. The van der Waals surface area contributed by atoms with Crippen LogP contribution >= 0.6 is 23.2 Å². The van der Waals surface area contributed by atoms with Crippen molar-refractivity contribution in [2.45, 2.75) is 26.4 Å². The van der Waals surface area contributed by atoms with Gasteiger partial charge >= 0.3 is 0 Å². The van der Waals surface area contributed by atoms with Gasteiger partial charge in [-0.05, 0) is 23.6 Å². The number of nitrogens with zero attached hydrogens (tertiary/aromatic N) is 1. The summed E-state index contributed by atoms with van der Waals surface area (Å²) in [5.74, 6) is 0.192. The summed E-state index contributed by atoms with van der Waals surface area (Å²) in [6.45, 7) is 4.23. The van der Waals surface area contributed by atoms with Gasteiger partial charge in [0.1, 0.15) is 6.26 Å². The van der Waals surface area contributed by atoms with Gasteiger partial charge in [-0.15, -0.1) is 0 Å². The van der Waals surface area contributed by atoms with Crippen molar-refractivity contribution in [3.63, 3.8) is 0 Å². The molecular formula is C15H17Cl2N3O2. The van der Waals surface area contributed by atoms with Gasteiger partial charge in [0, 0.05) is 6.54 Å². The largest absolute Gasteiger partial charge is 0.446 e. The molecule has 0 aliphatic heterocycles. The van der Waals surface area contributed by atoms with Crippen LogP contribution in [0.25, 0.3) is 0 Å². The van der Waals surface area contributed by atoms with E-state index < -0.39 is 0 Å². The van der Waals surface area contributed by atoms with E-state index in [1.807, 2.05) is 13.8 Å². The van der Waals surface area contributed by atoms with Gasteiger partial charge in [-0.2, -0.15) is 0 Å². The zero-order chi connectivity index (χ0) is 16.3. The molecule has 0 radical (unpaired) electrons. The molecule has 0 bridgehead atoms. The van der Waals surface area contributed by atoms with Gasteiger partial charge in [0.25, 0.3) is 5.91 Å². The highest BCUT2D eigenvalue weighted by Crippen LogP contribution is 2.22. The first-order chi connectivity index (χ1) is 10.4. The fourth-order valence-corrected chi connectivity index (χ4v) is 2.07. The number of nitrogens with two attached hydrogens (primary N) is 1. The van der Waals surface area contributed by atoms with Gasteiger partial charge in [0.05, 0.1) is 16.1 Å². The molecule has 0 fully saturated rings. The van der Waals surface area contributed by atoms with Crippen LogP contribution in [0.15, 0.2) is 28.9 Å². The van der Waals surface area contributed by atoms with E-state index in [2.05, 4.69) is 10.3 Å². The van der Waals surface area contributed by atoms with E-state index in [-0.39, 0.29) is 23.6 Å². The van der Waals surface area contributed by atoms with Crippen molar-refractivity contribution in [2.75, 3.05) is 0 Å². The molecular weight excluding hydrogens is 325 g/mol. The standard InChI is InChI=1S/C15H17Cl2N3O2/c1-8(2)13(18)15-20-12(7-22-15)14(21)19-6-9-3-4-10(16)11(17)5-9/h3-5,7-8,13H,6,18H2,1-2H3,(H,19,21). The summed E-state index contributed by atoms with van der Waals surface area (Å²) in [7, 11) is 0. The average Bonchev–Trinajstić information content (AvgIpc) is 2.97. The zero-order valence-electron chi connectivity index (χ0n) is 12.3. The highest BCUT2D eigenvalue weighted by Gasteiger charge is 2.19. The topological polar surface area (TPSA) is 81.1 Å². The van der Waals surface area contributed by atoms with Gasteiger partial charge in [0.15, 0.2) is 5.69 Å². The van der Waals surface area contributed by atoms with Crippen LogP contribution in [0.5, 0.6) is 0 Å². The van der Waals surface area contributed by atoms with Crippen molar-refractivity contribution in [1.29, 1.82) is 0 Å². The molecule has 1 aromatic heterocycles. The van der Waals surface area contributed by atoms with Crippen molar-refractivity contribution >= 4 is 29.1 Å². The average molecular weight is 342 g/mol. The van der Waals surface area contributed by atoms with Gasteiger partial charge in [-0.25, -0.2) is 4.98 Å². The second-order valence-corrected chi connectivity index (χ2v) is 6.09. The molecule has 1 heterocycles. The molecule has 2 aromatic rings. The minimum atomic E-state index is -0.336. The van der Waals surface area contributed by atoms with Crippen LogP contribution in [0.2, 0.25) is 10.0 Å². The van der Waals surface area contributed by atoms with Crippen LogP contribution in [0.4, 0.5) is 0 Å². The first kappa shape index (κ1) is 16.8. The van der Waals surface area contributed by atoms with Crippen LogP contribution in [0.1, 0.15) is 41.8 Å². The van der Waals surface area contributed by atoms with Crippen molar-refractivity contribution in [3.8, 4) is 0 Å². The molecule has 0 spiro atoms. The molecule has 0 aliphatic carbocycles. The summed E-state index contributed by atoms with van der Waals surface area (Å²) in [6.07, 6.45) is 1.31. The van der Waals surface area contributed by atoms with Gasteiger partial charge < -0.3 is 15.5 Å². The number of oxazole rings is 1. The minimum absolute atomic E-state index is 0.172. The van der Waals surface area contributed by atoms with E-state index in [1.165, 1.54) is 6.26 Å². The smallest absolute Gasteiger partial charge is 0.273 e. The van der Waals surface area contributed by atoms with Crippen LogP contribution in [0.3, 0.4) is 0 Å². The van der Waals surface area contributed by atoms with Crippen LogP contribution in [-0.4, -0.2) is 10.9 Å². The lowest BCUT2D eigenvalue weighted by atomic mass is 10.1. The van der Waals surface area contributed by atoms with Crippen molar-refractivity contribution < 1.29 is 9.21 Å². The number of amides is 1. The Hall–Kier alpha value is -1.56. The Morgan fingerprint density at radius 3 is 2.73 bits per heavy atom. The monoisotopic (exact) mass is 341 g/mol. The summed E-state index contributed by atoms with van der Waals surface area (Å²) in [5.41, 5.74) is 6.97. The second-order valence-electron chi connectivity index (χ2n) is 5.27. The lowest BCUT2D eigenvalue weighted by Crippen LogP contribution is -2.23. The molecule has 118 valence electrons. The highest BCUT2D eigenvalue weighted by molar-refractivity contribution is 6.42. The third-order valence-corrected chi connectivity index (χ3v) is 3.93. The van der Waals surface area contributed by atoms with E-state index in [9.17, 15) is 4.79 Å². The number of hydrogen-bond acceptors (Lipinski definition) is 4. The summed E-state index contributed by atoms with van der Waals surface area (Å²) in [4.78, 5) is 16.2. The number of carbonyl (C=O) groups excluding carboxylic acids is 1. The molecule has 0 aliphatic rings. The SMILES string of the molecule is CC(C)C(N)c1nc(C(=O)NCc2ccc(Cl)c(Cl)c2)co1. The van der Waals surface area contributed by atoms with Crippen molar-refractivity contribution in [2.24, 2.45) is 11.7 Å². The van der Waals surface area contributed by atoms with Crippen molar-refractivity contribution in [1.82, 2.24) is 10.3 Å². The van der Waals surface area contributed by atoms with Crippen LogP contribution < -0.4 is 11.1 Å². The van der Waals surface area contributed by atoms with E-state index in [0.717, 1.165) is 5.56 Å². The van der Waals surface area contributed by atoms with E-state index >= 15 is 0 Å². The van der Waals surface area contributed by atoms with E-state index in [1.54, 1.807) is 18.2 Å². The number of nitrogens with one attached hydrogen (secondary N) is 1. The summed E-state index contributed by atoms with van der Waals surface area (Å²) in [5, 5.41) is 3.66. The molecule has 22 heavy (non-hydrogen) atoms. The third-order valence-electron chi connectivity index (χ3n) is 3.20. The lowest BCUT2D eigenvalue weighted by molar-refractivity contribution is 0.0946. The maximum Gasteiger partial charge on any atom is 0.273 e. The normalized spacial score (nSPS) is 12.5. The predicted molar refractivity (Wildman–Crippen MR) is 85.9 cm³/mol. The van der Waals surface area contributed by atoms with Crippen LogP contribution in [0, 0.1) is 5.92 Å². The molecule has 3 N–H and O–H groups in total. The Balaban J connectivity index is 1.99. The molecule has 1 aromatic carbocycles. The second kappa shape index (κ2) is 7.13. The summed E-state index contributed by atoms with van der Waals surface area (Å²) < 4.78 is 5.26. The zero-order valence-corrected chi connectivity index (χ0v) is 13.8. The first-order valence-electron chi connectivity index (χ1n) is 6.81. The fourth-order valence-electron chi connectivity index (χ4n) is 1.75. The third kappa shape index (κ3) is 4.00. The molecule has 0 saturated carbocycles. The molecule has 2 rings (SSSR count).